The first-order valence-electron chi connectivity index (χ1n) is 8.39. The highest BCUT2D eigenvalue weighted by Crippen LogP contribution is 2.51. The zero-order valence-electron chi connectivity index (χ0n) is 13.1. The van der Waals surface area contributed by atoms with E-state index in [0.717, 1.165) is 51.1 Å². The molecule has 6 heteroatoms. The second-order valence-corrected chi connectivity index (χ2v) is 7.40. The maximum atomic E-state index is 13.1. The Hall–Kier alpha value is -1.43. The van der Waals surface area contributed by atoms with Crippen LogP contribution in [-0.2, 0) is 11.3 Å². The zero-order chi connectivity index (χ0) is 16.1. The van der Waals surface area contributed by atoms with Gasteiger partial charge in [0.05, 0.1) is 25.9 Å². The molecule has 1 spiro atoms. The molecule has 0 unspecified atom stereocenters. The minimum atomic E-state index is -2.68. The highest BCUT2D eigenvalue weighted by atomic mass is 19.3. The summed E-state index contributed by atoms with van der Waals surface area (Å²) < 4.78 is 31.5. The standard InChI is InChI=1S/C17H22F2N2O2/c18-17(19)11-21(12-17)15(22)14-4-1-5-16(14)6-7-20(10-16)9-13-3-2-8-23-13/h2-3,8,14H,1,4-7,9-12H2/t14-,16-/m0/s1. The summed E-state index contributed by atoms with van der Waals surface area (Å²) in [5.41, 5.74) is -0.0193. The zero-order valence-corrected chi connectivity index (χ0v) is 13.1. The SMILES string of the molecule is O=C([C@@H]1CCC[C@@]12CCN(Cc1ccco1)C2)N1CC(F)(F)C1. The molecule has 2 aliphatic heterocycles. The minimum absolute atomic E-state index is 0.0193. The molecule has 3 fully saturated rings. The Balaban J connectivity index is 1.42. The molecule has 23 heavy (non-hydrogen) atoms. The number of likely N-dealkylation sites (tertiary alicyclic amines) is 2. The average molecular weight is 324 g/mol. The molecule has 3 heterocycles. The molecule has 3 aliphatic rings. The molecule has 1 aliphatic carbocycles. The van der Waals surface area contributed by atoms with Crippen molar-refractivity contribution in [2.45, 2.75) is 38.2 Å². The minimum Gasteiger partial charge on any atom is -0.468 e. The van der Waals surface area contributed by atoms with Crippen molar-refractivity contribution in [1.29, 1.82) is 0 Å². The largest absolute Gasteiger partial charge is 0.468 e. The van der Waals surface area contributed by atoms with Gasteiger partial charge in [0.2, 0.25) is 5.91 Å². The van der Waals surface area contributed by atoms with Gasteiger partial charge < -0.3 is 9.32 Å². The van der Waals surface area contributed by atoms with E-state index in [2.05, 4.69) is 4.90 Å². The molecular weight excluding hydrogens is 302 g/mol. The van der Waals surface area contributed by atoms with Crippen molar-refractivity contribution in [2.75, 3.05) is 26.2 Å². The lowest BCUT2D eigenvalue weighted by molar-refractivity contribution is -0.172. The number of alkyl halides is 2. The molecule has 126 valence electrons. The predicted octanol–water partition coefficient (Wildman–Crippen LogP) is 2.75. The Morgan fingerprint density at radius 2 is 2.13 bits per heavy atom. The number of amides is 1. The van der Waals surface area contributed by atoms with Crippen molar-refractivity contribution in [1.82, 2.24) is 9.80 Å². The molecule has 0 bridgehead atoms. The van der Waals surface area contributed by atoms with Crippen LogP contribution in [0.4, 0.5) is 8.78 Å². The first-order chi connectivity index (χ1) is 11.0. The molecule has 1 aromatic heterocycles. The van der Waals surface area contributed by atoms with E-state index >= 15 is 0 Å². The lowest BCUT2D eigenvalue weighted by atomic mass is 9.76. The Morgan fingerprint density at radius 1 is 1.30 bits per heavy atom. The van der Waals surface area contributed by atoms with Crippen LogP contribution in [-0.4, -0.2) is 47.8 Å². The smallest absolute Gasteiger partial charge is 0.282 e. The number of furan rings is 1. The summed E-state index contributed by atoms with van der Waals surface area (Å²) >= 11 is 0. The Bertz CT molecular complexity index is 581. The van der Waals surface area contributed by atoms with Crippen LogP contribution < -0.4 is 0 Å². The van der Waals surface area contributed by atoms with E-state index < -0.39 is 19.0 Å². The molecule has 2 atom stereocenters. The molecule has 1 aromatic rings. The van der Waals surface area contributed by atoms with Gasteiger partial charge in [0.1, 0.15) is 5.76 Å². The van der Waals surface area contributed by atoms with Crippen LogP contribution >= 0.6 is 0 Å². The Kier molecular flexibility index (Phi) is 3.48. The normalized spacial score (nSPS) is 33.3. The summed E-state index contributed by atoms with van der Waals surface area (Å²) in [6.07, 6.45) is 5.55. The van der Waals surface area contributed by atoms with E-state index in [1.807, 2.05) is 12.1 Å². The molecule has 0 radical (unpaired) electrons. The monoisotopic (exact) mass is 324 g/mol. The number of carbonyl (C=O) groups is 1. The van der Waals surface area contributed by atoms with Gasteiger partial charge in [-0.2, -0.15) is 0 Å². The van der Waals surface area contributed by atoms with Crippen LogP contribution in [0.3, 0.4) is 0 Å². The fraction of sp³-hybridized carbons (Fsp3) is 0.706. The third kappa shape index (κ3) is 2.67. The van der Waals surface area contributed by atoms with Crippen molar-refractivity contribution in [3.8, 4) is 0 Å². The fourth-order valence-corrected chi connectivity index (χ4v) is 4.64. The van der Waals surface area contributed by atoms with Gasteiger partial charge in [0.25, 0.3) is 5.92 Å². The van der Waals surface area contributed by atoms with Gasteiger partial charge in [-0.05, 0) is 43.4 Å². The number of halogens is 2. The summed E-state index contributed by atoms with van der Waals surface area (Å²) in [6, 6.07) is 3.84. The number of hydrogen-bond acceptors (Lipinski definition) is 3. The van der Waals surface area contributed by atoms with Gasteiger partial charge in [-0.15, -0.1) is 0 Å². The average Bonchev–Trinajstić information content (AvgIpc) is 3.19. The third-order valence-corrected chi connectivity index (χ3v) is 5.78. The molecule has 0 N–H and O–H groups in total. The van der Waals surface area contributed by atoms with Crippen LogP contribution in [0.5, 0.6) is 0 Å². The number of carbonyl (C=O) groups excluding carboxylic acids is 1. The fourth-order valence-electron chi connectivity index (χ4n) is 4.64. The second kappa shape index (κ2) is 5.30. The van der Waals surface area contributed by atoms with Crippen molar-refractivity contribution >= 4 is 5.91 Å². The Labute approximate surface area is 134 Å². The number of nitrogens with zero attached hydrogens (tertiary/aromatic N) is 2. The summed E-state index contributed by atoms with van der Waals surface area (Å²) in [4.78, 5) is 16.3. The molecule has 1 amide bonds. The molecule has 0 aromatic carbocycles. The van der Waals surface area contributed by atoms with E-state index in [4.69, 9.17) is 4.42 Å². The first-order valence-corrected chi connectivity index (χ1v) is 8.39. The summed E-state index contributed by atoms with van der Waals surface area (Å²) in [5.74, 6) is -1.87. The second-order valence-electron chi connectivity index (χ2n) is 7.40. The quantitative estimate of drug-likeness (QED) is 0.858. The molecule has 1 saturated carbocycles. The molecule has 2 saturated heterocycles. The maximum absolute atomic E-state index is 13.1. The lowest BCUT2D eigenvalue weighted by Crippen LogP contribution is -2.60. The topological polar surface area (TPSA) is 36.7 Å². The highest BCUT2D eigenvalue weighted by molar-refractivity contribution is 5.81. The van der Waals surface area contributed by atoms with Crippen molar-refractivity contribution in [3.05, 3.63) is 24.2 Å². The molecule has 4 rings (SSSR count). The van der Waals surface area contributed by atoms with E-state index in [1.165, 1.54) is 4.90 Å². The van der Waals surface area contributed by atoms with Crippen LogP contribution in [0.25, 0.3) is 0 Å². The van der Waals surface area contributed by atoms with Gasteiger partial charge in [-0.3, -0.25) is 9.69 Å². The predicted molar refractivity (Wildman–Crippen MR) is 79.9 cm³/mol. The van der Waals surface area contributed by atoms with Crippen molar-refractivity contribution in [2.24, 2.45) is 11.3 Å². The van der Waals surface area contributed by atoms with Gasteiger partial charge in [-0.25, -0.2) is 8.78 Å². The first kappa shape index (κ1) is 15.1. The van der Waals surface area contributed by atoms with Crippen LogP contribution in [0.15, 0.2) is 22.8 Å². The molecular formula is C17H22F2N2O2. The Morgan fingerprint density at radius 3 is 2.83 bits per heavy atom. The van der Waals surface area contributed by atoms with Crippen LogP contribution in [0, 0.1) is 11.3 Å². The maximum Gasteiger partial charge on any atom is 0.282 e. The van der Waals surface area contributed by atoms with E-state index in [-0.39, 0.29) is 17.2 Å². The third-order valence-electron chi connectivity index (χ3n) is 5.78. The van der Waals surface area contributed by atoms with E-state index in [1.54, 1.807) is 6.26 Å². The lowest BCUT2D eigenvalue weighted by Gasteiger charge is -2.42. The van der Waals surface area contributed by atoms with Crippen LogP contribution in [0.1, 0.15) is 31.4 Å². The van der Waals surface area contributed by atoms with Gasteiger partial charge in [-0.1, -0.05) is 6.42 Å². The van der Waals surface area contributed by atoms with Gasteiger partial charge in [0, 0.05) is 12.5 Å². The van der Waals surface area contributed by atoms with E-state index in [9.17, 15) is 13.6 Å². The van der Waals surface area contributed by atoms with Crippen molar-refractivity contribution in [3.63, 3.8) is 0 Å². The number of hydrogen-bond donors (Lipinski definition) is 0. The highest BCUT2D eigenvalue weighted by Gasteiger charge is 2.55. The number of rotatable bonds is 3. The summed E-state index contributed by atoms with van der Waals surface area (Å²) in [7, 11) is 0. The van der Waals surface area contributed by atoms with Gasteiger partial charge >= 0.3 is 0 Å². The van der Waals surface area contributed by atoms with E-state index in [0.29, 0.717) is 0 Å². The summed E-state index contributed by atoms with van der Waals surface area (Å²) in [6.45, 7) is 1.79. The van der Waals surface area contributed by atoms with Gasteiger partial charge in [0.15, 0.2) is 0 Å². The summed E-state index contributed by atoms with van der Waals surface area (Å²) in [5, 5.41) is 0. The molecule has 4 nitrogen and oxygen atoms in total. The van der Waals surface area contributed by atoms with Crippen molar-refractivity contribution < 1.29 is 18.0 Å². The van der Waals surface area contributed by atoms with Crippen LogP contribution in [0.2, 0.25) is 0 Å².